The molecule has 0 spiro atoms. The standard InChI is InChI=1S/C20H22N2O3S/c1-10-3-6-14(11(2)7-10)15-9-26-20(21-15)22-18(23)16-12-4-5-13(8-12)17(16)19(24)25/h3,6-7,9,12-13,16-17H,4-5,8H2,1-2H3,(H,24,25)(H,21,22,23)/t12-,13-,16-,17-/m0/s1. The first-order valence-electron chi connectivity index (χ1n) is 9.01. The molecule has 1 amide bonds. The van der Waals surface area contributed by atoms with Crippen LogP contribution < -0.4 is 5.32 Å². The Kier molecular flexibility index (Phi) is 4.31. The zero-order valence-corrected chi connectivity index (χ0v) is 15.7. The number of carbonyl (C=O) groups is 2. The molecule has 0 radical (unpaired) electrons. The van der Waals surface area contributed by atoms with Gasteiger partial charge in [-0.15, -0.1) is 11.3 Å². The van der Waals surface area contributed by atoms with Crippen LogP contribution in [-0.4, -0.2) is 22.0 Å². The molecule has 0 aliphatic heterocycles. The van der Waals surface area contributed by atoms with Crippen LogP contribution in [0.4, 0.5) is 5.13 Å². The quantitative estimate of drug-likeness (QED) is 0.849. The number of nitrogens with one attached hydrogen (secondary N) is 1. The highest BCUT2D eigenvalue weighted by molar-refractivity contribution is 7.14. The van der Waals surface area contributed by atoms with E-state index in [1.807, 2.05) is 24.4 Å². The molecule has 6 heteroatoms. The highest BCUT2D eigenvalue weighted by atomic mass is 32.1. The molecular weight excluding hydrogens is 348 g/mol. The summed E-state index contributed by atoms with van der Waals surface area (Å²) in [5.74, 6) is -1.67. The number of aryl methyl sites for hydroxylation is 2. The second-order valence-electron chi connectivity index (χ2n) is 7.57. The van der Waals surface area contributed by atoms with Gasteiger partial charge in [-0.05, 0) is 50.5 Å². The molecule has 5 nitrogen and oxygen atoms in total. The normalized spacial score (nSPS) is 26.8. The summed E-state index contributed by atoms with van der Waals surface area (Å²) >= 11 is 1.38. The maximum atomic E-state index is 12.8. The van der Waals surface area contributed by atoms with Gasteiger partial charge in [0, 0.05) is 10.9 Å². The lowest BCUT2D eigenvalue weighted by Gasteiger charge is -2.26. The number of carboxylic acids is 1. The highest BCUT2D eigenvalue weighted by Crippen LogP contribution is 2.52. The number of hydrogen-bond acceptors (Lipinski definition) is 4. The number of anilines is 1. The van der Waals surface area contributed by atoms with E-state index in [0.717, 1.165) is 36.1 Å². The SMILES string of the molecule is Cc1ccc(-c2csc(NC(=O)[C@H]3[C@H]4CC[C@@H](C4)[C@@H]3C(=O)O)n2)c(C)c1. The monoisotopic (exact) mass is 370 g/mol. The number of carboxylic acid groups (broad SMARTS) is 1. The number of benzene rings is 1. The van der Waals surface area contributed by atoms with Crippen LogP contribution >= 0.6 is 11.3 Å². The van der Waals surface area contributed by atoms with Crippen molar-refractivity contribution >= 4 is 28.3 Å². The van der Waals surface area contributed by atoms with Gasteiger partial charge in [-0.3, -0.25) is 9.59 Å². The Labute approximate surface area is 156 Å². The van der Waals surface area contributed by atoms with E-state index >= 15 is 0 Å². The van der Waals surface area contributed by atoms with Gasteiger partial charge >= 0.3 is 5.97 Å². The topological polar surface area (TPSA) is 79.3 Å². The number of nitrogens with zero attached hydrogens (tertiary/aromatic N) is 1. The van der Waals surface area contributed by atoms with Gasteiger partial charge in [-0.2, -0.15) is 0 Å². The summed E-state index contributed by atoms with van der Waals surface area (Å²) in [7, 11) is 0. The van der Waals surface area contributed by atoms with Gasteiger partial charge in [-0.1, -0.05) is 23.8 Å². The zero-order chi connectivity index (χ0) is 18.4. The minimum absolute atomic E-state index is 0.148. The van der Waals surface area contributed by atoms with Crippen LogP contribution in [0.5, 0.6) is 0 Å². The molecule has 2 bridgehead atoms. The van der Waals surface area contributed by atoms with Crippen LogP contribution in [0.25, 0.3) is 11.3 Å². The van der Waals surface area contributed by atoms with Gasteiger partial charge in [-0.25, -0.2) is 4.98 Å². The Morgan fingerprint density at radius 1 is 1.19 bits per heavy atom. The van der Waals surface area contributed by atoms with Crippen molar-refractivity contribution in [3.63, 3.8) is 0 Å². The first-order valence-corrected chi connectivity index (χ1v) is 9.89. The van der Waals surface area contributed by atoms with E-state index in [1.54, 1.807) is 0 Å². The smallest absolute Gasteiger partial charge is 0.307 e. The highest BCUT2D eigenvalue weighted by Gasteiger charge is 2.54. The number of amides is 1. The van der Waals surface area contributed by atoms with E-state index in [0.29, 0.717) is 5.13 Å². The van der Waals surface area contributed by atoms with Crippen molar-refractivity contribution in [3.05, 3.63) is 34.7 Å². The van der Waals surface area contributed by atoms with Crippen molar-refractivity contribution in [2.24, 2.45) is 23.7 Å². The van der Waals surface area contributed by atoms with Crippen LogP contribution in [-0.2, 0) is 9.59 Å². The van der Waals surface area contributed by atoms with Crippen LogP contribution in [0.2, 0.25) is 0 Å². The maximum Gasteiger partial charge on any atom is 0.307 e. The van der Waals surface area contributed by atoms with Crippen LogP contribution in [0.3, 0.4) is 0 Å². The van der Waals surface area contributed by atoms with Gasteiger partial charge in [0.2, 0.25) is 5.91 Å². The largest absolute Gasteiger partial charge is 0.481 e. The molecule has 2 aliphatic carbocycles. The number of rotatable bonds is 4. The fourth-order valence-corrected chi connectivity index (χ4v) is 5.48. The fourth-order valence-electron chi connectivity index (χ4n) is 4.77. The number of aromatic nitrogens is 1. The van der Waals surface area contributed by atoms with E-state index in [9.17, 15) is 14.7 Å². The van der Waals surface area contributed by atoms with Gasteiger partial charge in [0.25, 0.3) is 0 Å². The third kappa shape index (κ3) is 2.92. The Morgan fingerprint density at radius 2 is 1.92 bits per heavy atom. The molecule has 2 aromatic rings. The predicted octanol–water partition coefficient (Wildman–Crippen LogP) is 4.11. The number of hydrogen-bond donors (Lipinski definition) is 2. The molecule has 2 aliphatic rings. The maximum absolute atomic E-state index is 12.8. The van der Waals surface area contributed by atoms with Gasteiger partial charge in [0.05, 0.1) is 17.5 Å². The average Bonchev–Trinajstić information content (AvgIpc) is 3.29. The van der Waals surface area contributed by atoms with E-state index < -0.39 is 17.8 Å². The average molecular weight is 370 g/mol. The van der Waals surface area contributed by atoms with Gasteiger partial charge in [0.1, 0.15) is 0 Å². The van der Waals surface area contributed by atoms with Crippen LogP contribution in [0.1, 0.15) is 30.4 Å². The summed E-state index contributed by atoms with van der Waals surface area (Å²) in [6.07, 6.45) is 2.75. The number of thiazole rings is 1. The molecule has 4 rings (SSSR count). The Morgan fingerprint density at radius 3 is 2.62 bits per heavy atom. The van der Waals surface area contributed by atoms with E-state index in [2.05, 4.69) is 23.3 Å². The molecule has 2 N–H and O–H groups in total. The lowest BCUT2D eigenvalue weighted by molar-refractivity contribution is -0.148. The molecule has 0 saturated heterocycles. The first kappa shape index (κ1) is 17.2. The van der Waals surface area contributed by atoms with Crippen molar-refractivity contribution in [1.29, 1.82) is 0 Å². The first-order chi connectivity index (χ1) is 12.4. The molecule has 1 aromatic heterocycles. The third-order valence-corrected chi connectivity index (χ3v) is 6.65. The van der Waals surface area contributed by atoms with Crippen LogP contribution in [0.15, 0.2) is 23.6 Å². The van der Waals surface area contributed by atoms with E-state index in [1.165, 1.54) is 16.9 Å². The third-order valence-electron chi connectivity index (χ3n) is 5.90. The number of aliphatic carboxylic acids is 1. The Bertz CT molecular complexity index is 876. The zero-order valence-electron chi connectivity index (χ0n) is 14.9. The van der Waals surface area contributed by atoms with E-state index in [4.69, 9.17) is 0 Å². The summed E-state index contributed by atoms with van der Waals surface area (Å²) in [6, 6.07) is 6.20. The number of carbonyl (C=O) groups excluding carboxylic acids is 1. The van der Waals surface area contributed by atoms with Gasteiger partial charge in [0.15, 0.2) is 5.13 Å². The minimum atomic E-state index is -0.840. The second kappa shape index (κ2) is 6.50. The fraction of sp³-hybridized carbons (Fsp3) is 0.450. The summed E-state index contributed by atoms with van der Waals surface area (Å²) in [5, 5.41) is 14.9. The minimum Gasteiger partial charge on any atom is -0.481 e. The van der Waals surface area contributed by atoms with Crippen molar-refractivity contribution in [1.82, 2.24) is 4.98 Å². The van der Waals surface area contributed by atoms with Crippen molar-refractivity contribution in [3.8, 4) is 11.3 Å². The molecule has 2 saturated carbocycles. The molecule has 1 heterocycles. The van der Waals surface area contributed by atoms with Crippen molar-refractivity contribution < 1.29 is 14.7 Å². The summed E-state index contributed by atoms with van der Waals surface area (Å²) in [6.45, 7) is 4.10. The molecular formula is C20H22N2O3S. The molecule has 26 heavy (non-hydrogen) atoms. The number of fused-ring (bicyclic) bond motifs is 2. The second-order valence-corrected chi connectivity index (χ2v) is 8.43. The summed E-state index contributed by atoms with van der Waals surface area (Å²) in [4.78, 5) is 28.9. The van der Waals surface area contributed by atoms with Crippen molar-refractivity contribution in [2.45, 2.75) is 33.1 Å². The lowest BCUT2D eigenvalue weighted by Crippen LogP contribution is -2.37. The summed E-state index contributed by atoms with van der Waals surface area (Å²) in [5.41, 5.74) is 4.24. The molecule has 136 valence electrons. The van der Waals surface area contributed by atoms with Crippen molar-refractivity contribution in [2.75, 3.05) is 5.32 Å². The molecule has 0 unspecified atom stereocenters. The van der Waals surface area contributed by atoms with Crippen LogP contribution in [0, 0.1) is 37.5 Å². The predicted molar refractivity (Wildman–Crippen MR) is 101 cm³/mol. The molecule has 1 aromatic carbocycles. The summed E-state index contributed by atoms with van der Waals surface area (Å²) < 4.78 is 0. The Balaban J connectivity index is 1.52. The Hall–Kier alpha value is -2.21. The van der Waals surface area contributed by atoms with E-state index in [-0.39, 0.29) is 17.7 Å². The molecule has 4 atom stereocenters. The lowest BCUT2D eigenvalue weighted by atomic mass is 9.79. The van der Waals surface area contributed by atoms with Gasteiger partial charge < -0.3 is 10.4 Å². The molecule has 2 fully saturated rings.